The molecule has 0 fully saturated rings. The van der Waals surface area contributed by atoms with Crippen molar-refractivity contribution in [1.82, 2.24) is 0 Å². The first-order chi connectivity index (χ1) is 14.3. The molecule has 3 aromatic rings. The Morgan fingerprint density at radius 3 is 2.27 bits per heavy atom. The fourth-order valence-corrected chi connectivity index (χ4v) is 4.35. The molecule has 1 amide bonds. The lowest BCUT2D eigenvalue weighted by Crippen LogP contribution is -2.38. The minimum atomic E-state index is -4.03. The van der Waals surface area contributed by atoms with Crippen molar-refractivity contribution in [2.24, 2.45) is 0 Å². The third kappa shape index (κ3) is 4.66. The maximum absolute atomic E-state index is 13.3. The van der Waals surface area contributed by atoms with Crippen LogP contribution in [0.5, 0.6) is 0 Å². The van der Waals surface area contributed by atoms with E-state index < -0.39 is 28.4 Å². The van der Waals surface area contributed by atoms with Gasteiger partial charge in [-0.1, -0.05) is 42.5 Å². The number of nitrogens with zero attached hydrogens (tertiary/aromatic N) is 1. The van der Waals surface area contributed by atoms with Crippen LogP contribution in [0.1, 0.15) is 15.9 Å². The molecule has 3 rings (SSSR count). The molecular weight excluding hydrogens is 404 g/mol. The lowest BCUT2D eigenvalue weighted by atomic mass is 10.2. The maximum atomic E-state index is 13.3. The van der Waals surface area contributed by atoms with Crippen LogP contribution in [-0.4, -0.2) is 31.9 Å². The average molecular weight is 424 g/mol. The van der Waals surface area contributed by atoms with Crippen molar-refractivity contribution < 1.29 is 23.1 Å². The van der Waals surface area contributed by atoms with Gasteiger partial charge in [-0.05, 0) is 48.9 Å². The molecule has 0 bridgehead atoms. The summed E-state index contributed by atoms with van der Waals surface area (Å²) in [6, 6.07) is 20.5. The number of nitrogens with one attached hydrogen (secondary N) is 1. The highest BCUT2D eigenvalue weighted by atomic mass is 32.2. The molecule has 0 aliphatic heterocycles. The number of carboxylic acid groups (broad SMARTS) is 1. The van der Waals surface area contributed by atoms with E-state index in [0.717, 1.165) is 9.87 Å². The Morgan fingerprint density at radius 2 is 1.60 bits per heavy atom. The predicted molar refractivity (Wildman–Crippen MR) is 114 cm³/mol. The smallest absolute Gasteiger partial charge is 0.337 e. The van der Waals surface area contributed by atoms with Crippen molar-refractivity contribution in [3.05, 3.63) is 90.0 Å². The Morgan fingerprint density at radius 1 is 0.933 bits per heavy atom. The monoisotopic (exact) mass is 424 g/mol. The minimum Gasteiger partial charge on any atom is -0.478 e. The minimum absolute atomic E-state index is 0.0465. The Hall–Kier alpha value is -3.65. The van der Waals surface area contributed by atoms with Crippen LogP contribution in [0.15, 0.2) is 83.8 Å². The van der Waals surface area contributed by atoms with Gasteiger partial charge in [-0.15, -0.1) is 0 Å². The van der Waals surface area contributed by atoms with Gasteiger partial charge in [0.25, 0.3) is 10.0 Å². The van der Waals surface area contributed by atoms with Crippen LogP contribution in [0.2, 0.25) is 0 Å². The molecule has 8 heteroatoms. The third-order valence-electron chi connectivity index (χ3n) is 4.34. The number of carbonyl (C=O) groups is 2. The van der Waals surface area contributed by atoms with Gasteiger partial charge in [0.05, 0.1) is 21.8 Å². The molecule has 0 aromatic heterocycles. The summed E-state index contributed by atoms with van der Waals surface area (Å²) in [4.78, 5) is 24.1. The molecule has 30 heavy (non-hydrogen) atoms. The number of aryl methyl sites for hydroxylation is 1. The van der Waals surface area contributed by atoms with Crippen LogP contribution in [0, 0.1) is 6.92 Å². The summed E-state index contributed by atoms with van der Waals surface area (Å²) in [5.41, 5.74) is 1.17. The van der Waals surface area contributed by atoms with Crippen molar-refractivity contribution in [3.8, 4) is 0 Å². The van der Waals surface area contributed by atoms with Crippen LogP contribution in [0.4, 0.5) is 11.4 Å². The molecule has 0 unspecified atom stereocenters. The van der Waals surface area contributed by atoms with E-state index in [4.69, 9.17) is 0 Å². The Labute approximate surface area is 174 Å². The average Bonchev–Trinajstić information content (AvgIpc) is 2.73. The maximum Gasteiger partial charge on any atom is 0.337 e. The molecule has 0 saturated heterocycles. The highest BCUT2D eigenvalue weighted by molar-refractivity contribution is 7.92. The molecule has 3 aromatic carbocycles. The van der Waals surface area contributed by atoms with E-state index in [1.54, 1.807) is 42.5 Å². The molecule has 0 saturated carbocycles. The van der Waals surface area contributed by atoms with Gasteiger partial charge in [-0.25, -0.2) is 13.2 Å². The number of rotatable bonds is 7. The zero-order chi connectivity index (χ0) is 21.7. The Kier molecular flexibility index (Phi) is 6.17. The summed E-state index contributed by atoms with van der Waals surface area (Å²) in [6.45, 7) is 1.30. The summed E-state index contributed by atoms with van der Waals surface area (Å²) in [5.74, 6) is -1.86. The highest BCUT2D eigenvalue weighted by Gasteiger charge is 2.27. The number of para-hydroxylation sites is 1. The molecule has 0 heterocycles. The van der Waals surface area contributed by atoms with Crippen LogP contribution in [-0.2, 0) is 14.8 Å². The molecule has 0 atom stereocenters. The first kappa shape index (κ1) is 21.1. The highest BCUT2D eigenvalue weighted by Crippen LogP contribution is 2.25. The third-order valence-corrected chi connectivity index (χ3v) is 6.13. The molecule has 0 aliphatic rings. The molecule has 7 nitrogen and oxygen atoms in total. The van der Waals surface area contributed by atoms with Crippen LogP contribution in [0.25, 0.3) is 0 Å². The van der Waals surface area contributed by atoms with Crippen LogP contribution >= 0.6 is 0 Å². The van der Waals surface area contributed by atoms with Crippen molar-refractivity contribution in [3.63, 3.8) is 0 Å². The topological polar surface area (TPSA) is 104 Å². The van der Waals surface area contributed by atoms with Gasteiger partial charge in [0.15, 0.2) is 0 Å². The second-order valence-electron chi connectivity index (χ2n) is 6.56. The van der Waals surface area contributed by atoms with Crippen LogP contribution < -0.4 is 9.62 Å². The molecule has 0 spiro atoms. The van der Waals surface area contributed by atoms with Gasteiger partial charge in [-0.3, -0.25) is 9.10 Å². The standard InChI is InChI=1S/C22H20N2O5S/c1-16-8-7-9-17(14-16)24(30(28,29)18-10-3-2-4-11-18)15-21(25)23-20-13-6-5-12-19(20)22(26)27/h2-14H,15H2,1H3,(H,23,25)(H,26,27). The van der Waals surface area contributed by atoms with E-state index in [2.05, 4.69) is 5.32 Å². The number of hydrogen-bond donors (Lipinski definition) is 2. The molecular formula is C22H20N2O5S. The quantitative estimate of drug-likeness (QED) is 0.604. The van der Waals surface area contributed by atoms with Crippen molar-refractivity contribution in [2.45, 2.75) is 11.8 Å². The van der Waals surface area contributed by atoms with Crippen molar-refractivity contribution >= 4 is 33.3 Å². The molecule has 0 radical (unpaired) electrons. The van der Waals surface area contributed by atoms with Gasteiger partial charge in [0, 0.05) is 0 Å². The first-order valence-electron chi connectivity index (χ1n) is 9.05. The second kappa shape index (κ2) is 8.79. The summed E-state index contributed by atoms with van der Waals surface area (Å²) < 4.78 is 27.5. The number of carboxylic acids is 1. The van der Waals surface area contributed by atoms with Crippen molar-refractivity contribution in [1.29, 1.82) is 0 Å². The van der Waals surface area contributed by atoms with E-state index in [-0.39, 0.29) is 16.1 Å². The number of amides is 1. The van der Waals surface area contributed by atoms with E-state index in [1.807, 2.05) is 13.0 Å². The largest absolute Gasteiger partial charge is 0.478 e. The van der Waals surface area contributed by atoms with E-state index in [1.165, 1.54) is 30.3 Å². The lowest BCUT2D eigenvalue weighted by molar-refractivity contribution is -0.114. The predicted octanol–water partition coefficient (Wildman–Crippen LogP) is 3.53. The van der Waals surface area contributed by atoms with E-state index in [0.29, 0.717) is 5.69 Å². The summed E-state index contributed by atoms with van der Waals surface area (Å²) in [6.07, 6.45) is 0. The SMILES string of the molecule is Cc1cccc(N(CC(=O)Nc2ccccc2C(=O)O)S(=O)(=O)c2ccccc2)c1. The fraction of sp³-hybridized carbons (Fsp3) is 0.0909. The number of aromatic carboxylic acids is 1. The van der Waals surface area contributed by atoms with Gasteiger partial charge in [0.1, 0.15) is 6.54 Å². The summed E-state index contributed by atoms with van der Waals surface area (Å²) in [7, 11) is -4.03. The summed E-state index contributed by atoms with van der Waals surface area (Å²) >= 11 is 0. The van der Waals surface area contributed by atoms with Gasteiger partial charge in [-0.2, -0.15) is 0 Å². The lowest BCUT2D eigenvalue weighted by Gasteiger charge is -2.24. The molecule has 2 N–H and O–H groups in total. The molecule has 154 valence electrons. The zero-order valence-corrected chi connectivity index (χ0v) is 17.0. The Bertz CT molecular complexity index is 1180. The van der Waals surface area contributed by atoms with Gasteiger partial charge < -0.3 is 10.4 Å². The van der Waals surface area contributed by atoms with E-state index in [9.17, 15) is 23.1 Å². The second-order valence-corrected chi connectivity index (χ2v) is 8.42. The number of benzene rings is 3. The number of sulfonamides is 1. The normalized spacial score (nSPS) is 11.0. The van der Waals surface area contributed by atoms with E-state index >= 15 is 0 Å². The van der Waals surface area contributed by atoms with Gasteiger partial charge >= 0.3 is 5.97 Å². The Balaban J connectivity index is 1.96. The number of anilines is 2. The number of hydrogen-bond acceptors (Lipinski definition) is 4. The fourth-order valence-electron chi connectivity index (χ4n) is 2.92. The van der Waals surface area contributed by atoms with Crippen molar-refractivity contribution in [2.75, 3.05) is 16.2 Å². The zero-order valence-electron chi connectivity index (χ0n) is 16.1. The van der Waals surface area contributed by atoms with Crippen LogP contribution in [0.3, 0.4) is 0 Å². The molecule has 0 aliphatic carbocycles. The van der Waals surface area contributed by atoms with Gasteiger partial charge in [0.2, 0.25) is 5.91 Å². The first-order valence-corrected chi connectivity index (χ1v) is 10.5. The summed E-state index contributed by atoms with van der Waals surface area (Å²) in [5, 5.41) is 11.8. The number of carbonyl (C=O) groups excluding carboxylic acids is 1.